The molecule has 2 rings (SSSR count). The minimum Gasteiger partial charge on any atom is -0.494 e. The molecule has 1 fully saturated rings. The number of hydrogen-bond donors (Lipinski definition) is 2. The van der Waals surface area contributed by atoms with E-state index in [1.165, 1.54) is 7.11 Å². The number of nitrogen functional groups attached to an aromatic ring is 1. The van der Waals surface area contributed by atoms with Crippen molar-refractivity contribution in [2.75, 3.05) is 12.8 Å². The zero-order valence-corrected chi connectivity index (χ0v) is 11.3. The molecule has 0 aromatic heterocycles. The van der Waals surface area contributed by atoms with Gasteiger partial charge in [0.1, 0.15) is 11.4 Å². The van der Waals surface area contributed by atoms with Crippen molar-refractivity contribution < 1.29 is 14.3 Å². The Labute approximate surface area is 116 Å². The molecule has 0 saturated heterocycles. The number of methoxy groups -OCH3 is 1. The van der Waals surface area contributed by atoms with Gasteiger partial charge in [-0.25, -0.2) is 4.99 Å². The number of ether oxygens (including phenoxy) is 1. The summed E-state index contributed by atoms with van der Waals surface area (Å²) < 4.78 is 5.18. The van der Waals surface area contributed by atoms with Crippen LogP contribution < -0.4 is 10.5 Å². The number of ketones is 2. The van der Waals surface area contributed by atoms with Crippen molar-refractivity contribution in [3.8, 4) is 5.75 Å². The van der Waals surface area contributed by atoms with Crippen molar-refractivity contribution in [3.63, 3.8) is 0 Å². The molecule has 1 aromatic carbocycles. The second-order valence-corrected chi connectivity index (χ2v) is 4.62. The van der Waals surface area contributed by atoms with Gasteiger partial charge >= 0.3 is 0 Å². The third kappa shape index (κ3) is 2.59. The minimum atomic E-state index is -0.366. The molecule has 3 N–H and O–H groups in total. The Morgan fingerprint density at radius 3 is 2.60 bits per heavy atom. The highest BCUT2D eigenvalue weighted by Gasteiger charge is 2.27. The van der Waals surface area contributed by atoms with Crippen molar-refractivity contribution in [2.45, 2.75) is 19.8 Å². The number of Topliss-reactive ketones (excluding diaryl/α,β-unsaturated/α-hetero) is 2. The number of rotatable bonds is 2. The van der Waals surface area contributed by atoms with Crippen LogP contribution in [0.25, 0.3) is 0 Å². The SMILES string of the molecule is COc1cc(N)c(C)cc1N=C1CC(=O)C(=N)CC1=O. The first-order valence-electron chi connectivity index (χ1n) is 6.08. The summed E-state index contributed by atoms with van der Waals surface area (Å²) in [6, 6.07) is 3.34. The summed E-state index contributed by atoms with van der Waals surface area (Å²) in [6.07, 6.45) is -0.321. The van der Waals surface area contributed by atoms with E-state index in [0.717, 1.165) is 5.56 Å². The average molecular weight is 273 g/mol. The maximum absolute atomic E-state index is 11.8. The molecule has 0 aliphatic heterocycles. The highest BCUT2D eigenvalue weighted by atomic mass is 16.5. The van der Waals surface area contributed by atoms with E-state index in [0.29, 0.717) is 17.1 Å². The van der Waals surface area contributed by atoms with Gasteiger partial charge in [0, 0.05) is 11.8 Å². The summed E-state index contributed by atoms with van der Waals surface area (Å²) in [4.78, 5) is 27.5. The maximum Gasteiger partial charge on any atom is 0.183 e. The van der Waals surface area contributed by atoms with Crippen LogP contribution in [0.2, 0.25) is 0 Å². The van der Waals surface area contributed by atoms with Crippen molar-refractivity contribution >= 4 is 34.4 Å². The standard InChI is InChI=1S/C14H15N3O3/c1-7-3-11(14(20-2)5-8(7)15)17-10-6-12(18)9(16)4-13(10)19/h3,5,16H,4,6,15H2,1-2H3. The molecule has 20 heavy (non-hydrogen) atoms. The molecule has 0 unspecified atom stereocenters. The summed E-state index contributed by atoms with van der Waals surface area (Å²) in [7, 11) is 1.48. The van der Waals surface area contributed by atoms with Gasteiger partial charge in [0.05, 0.1) is 31.4 Å². The Balaban J connectivity index is 2.44. The number of carbonyl (C=O) groups excluding carboxylic acids is 2. The van der Waals surface area contributed by atoms with Crippen molar-refractivity contribution in [1.82, 2.24) is 0 Å². The fraction of sp³-hybridized carbons (Fsp3) is 0.286. The van der Waals surface area contributed by atoms with Crippen molar-refractivity contribution in [1.29, 1.82) is 5.41 Å². The third-order valence-electron chi connectivity index (χ3n) is 3.15. The number of hydrogen-bond acceptors (Lipinski definition) is 6. The number of nitrogens with two attached hydrogens (primary N) is 1. The highest BCUT2D eigenvalue weighted by Crippen LogP contribution is 2.32. The van der Waals surface area contributed by atoms with Gasteiger partial charge in [0.25, 0.3) is 0 Å². The van der Waals surface area contributed by atoms with Gasteiger partial charge in [-0.1, -0.05) is 0 Å². The Hall–Kier alpha value is -2.50. The van der Waals surface area contributed by atoms with Crippen molar-refractivity contribution in [2.24, 2.45) is 4.99 Å². The number of nitrogens with one attached hydrogen (secondary N) is 1. The number of aryl methyl sites for hydroxylation is 1. The first-order chi connectivity index (χ1) is 9.42. The summed E-state index contributed by atoms with van der Waals surface area (Å²) in [5.74, 6) is -0.220. The summed E-state index contributed by atoms with van der Waals surface area (Å²) in [5, 5.41) is 7.37. The molecular formula is C14H15N3O3. The number of nitrogens with zero attached hydrogens (tertiary/aromatic N) is 1. The number of aliphatic imine (C=N–C) groups is 1. The zero-order valence-electron chi connectivity index (χ0n) is 11.3. The van der Waals surface area contributed by atoms with Gasteiger partial charge in [-0.15, -0.1) is 0 Å². The Kier molecular flexibility index (Phi) is 3.65. The number of benzene rings is 1. The summed E-state index contributed by atoms with van der Waals surface area (Å²) in [5.41, 5.74) is 7.63. The fourth-order valence-electron chi connectivity index (χ4n) is 1.91. The van der Waals surface area contributed by atoms with E-state index < -0.39 is 0 Å². The lowest BCUT2D eigenvalue weighted by atomic mass is 9.94. The van der Waals surface area contributed by atoms with E-state index in [1.807, 2.05) is 6.92 Å². The number of anilines is 1. The van der Waals surface area contributed by atoms with E-state index in [2.05, 4.69) is 4.99 Å². The van der Waals surface area contributed by atoms with E-state index in [4.69, 9.17) is 15.9 Å². The van der Waals surface area contributed by atoms with Crippen LogP contribution in [0.5, 0.6) is 5.75 Å². The molecule has 0 bridgehead atoms. The predicted octanol–water partition coefficient (Wildman–Crippen LogP) is 1.61. The van der Waals surface area contributed by atoms with Gasteiger partial charge < -0.3 is 15.9 Å². The Morgan fingerprint density at radius 2 is 1.95 bits per heavy atom. The van der Waals surface area contributed by atoms with Crippen LogP contribution in [0.15, 0.2) is 17.1 Å². The molecule has 0 heterocycles. The first-order valence-corrected chi connectivity index (χ1v) is 6.08. The van der Waals surface area contributed by atoms with Gasteiger partial charge in [-0.05, 0) is 18.6 Å². The highest BCUT2D eigenvalue weighted by molar-refractivity contribution is 6.60. The summed E-state index contributed by atoms with van der Waals surface area (Å²) >= 11 is 0. The molecule has 6 heteroatoms. The Bertz CT molecular complexity index is 647. The van der Waals surface area contributed by atoms with E-state index in [1.54, 1.807) is 12.1 Å². The molecule has 0 radical (unpaired) electrons. The molecule has 6 nitrogen and oxygen atoms in total. The van der Waals surface area contributed by atoms with Crippen LogP contribution in [-0.2, 0) is 9.59 Å². The molecular weight excluding hydrogens is 258 g/mol. The quantitative estimate of drug-likeness (QED) is 0.798. The molecule has 0 atom stereocenters. The van der Waals surface area contributed by atoms with Crippen LogP contribution in [0, 0.1) is 12.3 Å². The second-order valence-electron chi connectivity index (χ2n) is 4.62. The van der Waals surface area contributed by atoms with Gasteiger partial charge in [0.2, 0.25) is 0 Å². The minimum absolute atomic E-state index is 0.135. The topological polar surface area (TPSA) is 106 Å². The van der Waals surface area contributed by atoms with Gasteiger partial charge in [0.15, 0.2) is 11.6 Å². The third-order valence-corrected chi connectivity index (χ3v) is 3.15. The second kappa shape index (κ2) is 5.24. The average Bonchev–Trinajstić information content (AvgIpc) is 2.39. The molecule has 0 amide bonds. The predicted molar refractivity (Wildman–Crippen MR) is 76.2 cm³/mol. The summed E-state index contributed by atoms with van der Waals surface area (Å²) in [6.45, 7) is 1.82. The molecule has 1 aromatic rings. The van der Waals surface area contributed by atoms with Gasteiger partial charge in [-0.3, -0.25) is 9.59 Å². The lowest BCUT2D eigenvalue weighted by Gasteiger charge is -2.13. The number of carbonyl (C=O) groups is 2. The molecule has 0 spiro atoms. The normalized spacial score (nSPS) is 17.7. The maximum atomic E-state index is 11.8. The van der Waals surface area contributed by atoms with E-state index >= 15 is 0 Å². The van der Waals surface area contributed by atoms with Crippen LogP contribution in [0.3, 0.4) is 0 Å². The molecule has 104 valence electrons. The lowest BCUT2D eigenvalue weighted by Crippen LogP contribution is -2.32. The molecule has 1 aliphatic carbocycles. The van der Waals surface area contributed by atoms with E-state index in [9.17, 15) is 9.59 Å². The van der Waals surface area contributed by atoms with E-state index in [-0.39, 0.29) is 35.8 Å². The monoisotopic (exact) mass is 273 g/mol. The Morgan fingerprint density at radius 1 is 1.25 bits per heavy atom. The largest absolute Gasteiger partial charge is 0.494 e. The first kappa shape index (κ1) is 13.9. The zero-order chi connectivity index (χ0) is 14.9. The molecule has 1 saturated carbocycles. The molecule has 1 aliphatic rings. The van der Waals surface area contributed by atoms with Crippen molar-refractivity contribution in [3.05, 3.63) is 17.7 Å². The van der Waals surface area contributed by atoms with Crippen LogP contribution >= 0.6 is 0 Å². The smallest absolute Gasteiger partial charge is 0.183 e. The van der Waals surface area contributed by atoms with Crippen LogP contribution in [0.1, 0.15) is 18.4 Å². The lowest BCUT2D eigenvalue weighted by molar-refractivity contribution is -0.116. The van der Waals surface area contributed by atoms with Crippen LogP contribution in [0.4, 0.5) is 11.4 Å². The van der Waals surface area contributed by atoms with Crippen LogP contribution in [-0.4, -0.2) is 30.1 Å². The fourth-order valence-corrected chi connectivity index (χ4v) is 1.91. The van der Waals surface area contributed by atoms with Gasteiger partial charge in [-0.2, -0.15) is 0 Å².